The first kappa shape index (κ1) is 20.3. The van der Waals surface area contributed by atoms with Gasteiger partial charge in [-0.1, -0.05) is 47.5 Å². The molecular weight excluding hydrogens is 442 g/mol. The topological polar surface area (TPSA) is 55.0 Å². The summed E-state index contributed by atoms with van der Waals surface area (Å²) in [6, 6.07) is 17.7. The molecule has 36 heavy (non-hydrogen) atoms. The van der Waals surface area contributed by atoms with Crippen molar-refractivity contribution >= 4 is 21.8 Å². The van der Waals surface area contributed by atoms with Gasteiger partial charge in [-0.25, -0.2) is 0 Å². The monoisotopic (exact) mass is 475 g/mol. The Morgan fingerprint density at radius 3 is 2.36 bits per heavy atom. The molecule has 0 radical (unpaired) electrons. The molecule has 4 heteroatoms. The minimum absolute atomic E-state index is 0.172. The molecule has 2 aromatic heterocycles. The molecule has 5 aliphatic rings. The maximum Gasteiger partial charge on any atom is 0.0943 e. The largest absolute Gasteiger partial charge is 0.387 e. The number of nitrogens with zero attached hydrogens (tertiary/aromatic N) is 1. The summed E-state index contributed by atoms with van der Waals surface area (Å²) in [5, 5.41) is 15.7. The number of hydrogen-bond acceptors (Lipinski definition) is 2. The first-order chi connectivity index (χ1) is 17.6. The van der Waals surface area contributed by atoms with Gasteiger partial charge in [-0.3, -0.25) is 4.90 Å². The lowest BCUT2D eigenvalue weighted by atomic mass is 9.47. The van der Waals surface area contributed by atoms with E-state index in [4.69, 9.17) is 0 Å². The zero-order valence-corrected chi connectivity index (χ0v) is 20.7. The smallest absolute Gasteiger partial charge is 0.0943 e. The highest BCUT2D eigenvalue weighted by molar-refractivity contribution is 5.87. The van der Waals surface area contributed by atoms with Crippen LogP contribution in [-0.2, 0) is 25.7 Å². The zero-order chi connectivity index (χ0) is 23.6. The average Bonchev–Trinajstić information content (AvgIpc) is 3.54. The summed E-state index contributed by atoms with van der Waals surface area (Å²) in [7, 11) is 0. The molecule has 0 unspecified atom stereocenters. The molecule has 4 aromatic rings. The van der Waals surface area contributed by atoms with Crippen LogP contribution >= 0.6 is 0 Å². The third-order valence-corrected chi connectivity index (χ3v) is 10.8. The van der Waals surface area contributed by atoms with Gasteiger partial charge in [0.05, 0.1) is 5.60 Å². The number of aromatic amines is 2. The molecule has 1 saturated heterocycles. The highest BCUT2D eigenvalue weighted by Gasteiger charge is 2.65. The van der Waals surface area contributed by atoms with Gasteiger partial charge in [-0.2, -0.15) is 0 Å². The Morgan fingerprint density at radius 2 is 1.58 bits per heavy atom. The van der Waals surface area contributed by atoms with Crippen LogP contribution in [0.4, 0.5) is 0 Å². The van der Waals surface area contributed by atoms with E-state index < -0.39 is 5.60 Å². The summed E-state index contributed by atoms with van der Waals surface area (Å²) in [6.45, 7) is 2.29. The molecule has 0 spiro atoms. The fourth-order valence-electron chi connectivity index (χ4n) is 8.87. The van der Waals surface area contributed by atoms with Gasteiger partial charge in [-0.05, 0) is 67.8 Å². The number of rotatable bonds is 2. The molecular formula is C32H33N3O. The van der Waals surface area contributed by atoms with Crippen LogP contribution in [0.2, 0.25) is 0 Å². The van der Waals surface area contributed by atoms with E-state index in [1.54, 1.807) is 11.1 Å². The minimum atomic E-state index is -0.708. The van der Waals surface area contributed by atoms with Gasteiger partial charge in [-0.15, -0.1) is 0 Å². The van der Waals surface area contributed by atoms with E-state index >= 15 is 0 Å². The Bertz CT molecular complexity index is 1600. The molecule has 1 saturated carbocycles. The standard InChI is InChI=1S/C32H33N3O/c36-32-16-24-22-6-2-4-8-27(22)34-29(24)17-31(32)11-12-35(18-19-9-10-19)30(32)14-20-13-23-21-5-1-3-7-26(21)33-28(23)15-25(20)31/h1-8,19,30,33-34,36H,9-18H2/t30-,31-,32-/m1/s1. The number of H-pyrrole nitrogens is 2. The number of piperidine rings is 1. The summed E-state index contributed by atoms with van der Waals surface area (Å²) < 4.78 is 0. The molecule has 4 aliphatic carbocycles. The molecule has 9 rings (SSSR count). The van der Waals surface area contributed by atoms with Crippen LogP contribution in [0.25, 0.3) is 21.8 Å². The zero-order valence-electron chi connectivity index (χ0n) is 20.7. The van der Waals surface area contributed by atoms with Crippen molar-refractivity contribution in [3.8, 4) is 0 Å². The van der Waals surface area contributed by atoms with E-state index in [1.807, 2.05) is 0 Å². The van der Waals surface area contributed by atoms with Gasteiger partial charge in [0.2, 0.25) is 0 Å². The highest BCUT2D eigenvalue weighted by atomic mass is 16.3. The van der Waals surface area contributed by atoms with Crippen molar-refractivity contribution in [2.45, 2.75) is 63.0 Å². The number of benzene rings is 2. The van der Waals surface area contributed by atoms with Gasteiger partial charge < -0.3 is 15.1 Å². The van der Waals surface area contributed by atoms with E-state index in [1.165, 1.54) is 63.7 Å². The number of aromatic nitrogens is 2. The summed E-state index contributed by atoms with van der Waals surface area (Å²) in [6.07, 6.45) is 8.54. The fourth-order valence-corrected chi connectivity index (χ4v) is 8.87. The Morgan fingerprint density at radius 1 is 0.861 bits per heavy atom. The van der Waals surface area contributed by atoms with E-state index in [0.717, 1.165) is 51.0 Å². The van der Waals surface area contributed by atoms with Crippen molar-refractivity contribution < 1.29 is 5.11 Å². The van der Waals surface area contributed by atoms with Crippen molar-refractivity contribution in [1.82, 2.24) is 14.9 Å². The SMILES string of the molecule is O[C@@]12Cc3c([nH]c4ccccc34)C[C@@]13CCN(CC1CC1)[C@@H]2CC1=C3Cc2[nH]c3ccccc3c2C1. The van der Waals surface area contributed by atoms with Crippen LogP contribution in [0.3, 0.4) is 0 Å². The van der Waals surface area contributed by atoms with Crippen molar-refractivity contribution in [2.24, 2.45) is 11.3 Å². The van der Waals surface area contributed by atoms with E-state index in [2.05, 4.69) is 63.4 Å². The molecule has 3 atom stereocenters. The van der Waals surface area contributed by atoms with Gasteiger partial charge >= 0.3 is 0 Å². The molecule has 0 amide bonds. The number of hydrogen-bond donors (Lipinski definition) is 3. The van der Waals surface area contributed by atoms with Gasteiger partial charge in [0.15, 0.2) is 0 Å². The van der Waals surface area contributed by atoms with Crippen molar-refractivity contribution in [1.29, 1.82) is 0 Å². The van der Waals surface area contributed by atoms with Crippen molar-refractivity contribution in [2.75, 3.05) is 13.1 Å². The highest BCUT2D eigenvalue weighted by Crippen LogP contribution is 2.62. The summed E-state index contributed by atoms with van der Waals surface area (Å²) in [5.41, 5.74) is 10.4. The lowest BCUT2D eigenvalue weighted by molar-refractivity contribution is -0.172. The number of fused-ring (bicyclic) bond motifs is 6. The van der Waals surface area contributed by atoms with E-state index in [0.29, 0.717) is 0 Å². The second-order valence-electron chi connectivity index (χ2n) is 12.5. The third kappa shape index (κ3) is 2.47. The Balaban J connectivity index is 1.24. The van der Waals surface area contributed by atoms with Crippen LogP contribution in [-0.4, -0.2) is 44.7 Å². The quantitative estimate of drug-likeness (QED) is 0.338. The summed E-state index contributed by atoms with van der Waals surface area (Å²) in [4.78, 5) is 10.3. The van der Waals surface area contributed by atoms with Gasteiger partial charge in [0.25, 0.3) is 0 Å². The van der Waals surface area contributed by atoms with Crippen LogP contribution in [0, 0.1) is 11.3 Å². The number of nitrogens with one attached hydrogen (secondary N) is 2. The molecule has 4 nitrogen and oxygen atoms in total. The maximum absolute atomic E-state index is 13.0. The van der Waals surface area contributed by atoms with Crippen LogP contribution in [0.1, 0.15) is 48.2 Å². The lowest BCUT2D eigenvalue weighted by Crippen LogP contribution is -2.72. The molecule has 2 bridgehead atoms. The van der Waals surface area contributed by atoms with Crippen LogP contribution in [0.5, 0.6) is 0 Å². The predicted octanol–water partition coefficient (Wildman–Crippen LogP) is 5.45. The number of para-hydroxylation sites is 2. The normalized spacial score (nSPS) is 31.3. The first-order valence-electron chi connectivity index (χ1n) is 14.0. The molecule has 2 aromatic carbocycles. The van der Waals surface area contributed by atoms with Gasteiger partial charge in [0, 0.05) is 70.5 Å². The Hall–Kier alpha value is -2.82. The third-order valence-electron chi connectivity index (χ3n) is 10.8. The average molecular weight is 476 g/mol. The predicted molar refractivity (Wildman–Crippen MR) is 143 cm³/mol. The lowest BCUT2D eigenvalue weighted by Gasteiger charge is -2.64. The van der Waals surface area contributed by atoms with E-state index in [9.17, 15) is 5.11 Å². The number of aliphatic hydroxyl groups is 1. The van der Waals surface area contributed by atoms with E-state index in [-0.39, 0.29) is 11.5 Å². The second-order valence-corrected chi connectivity index (χ2v) is 12.5. The Kier molecular flexibility index (Phi) is 3.79. The molecule has 2 fully saturated rings. The molecule has 1 aliphatic heterocycles. The minimum Gasteiger partial charge on any atom is -0.387 e. The molecule has 3 heterocycles. The number of likely N-dealkylation sites (tertiary alicyclic amines) is 1. The van der Waals surface area contributed by atoms with Gasteiger partial charge in [0.1, 0.15) is 0 Å². The summed E-state index contributed by atoms with van der Waals surface area (Å²) >= 11 is 0. The maximum atomic E-state index is 13.0. The van der Waals surface area contributed by atoms with Crippen LogP contribution in [0.15, 0.2) is 59.7 Å². The molecule has 3 N–H and O–H groups in total. The Labute approximate surface area is 211 Å². The summed E-state index contributed by atoms with van der Waals surface area (Å²) in [5.74, 6) is 0.843. The van der Waals surface area contributed by atoms with Crippen molar-refractivity contribution in [3.63, 3.8) is 0 Å². The fraction of sp³-hybridized carbons (Fsp3) is 0.438. The first-order valence-corrected chi connectivity index (χ1v) is 14.0. The van der Waals surface area contributed by atoms with Crippen LogP contribution < -0.4 is 0 Å². The second kappa shape index (κ2) is 6.73. The molecule has 182 valence electrons. The van der Waals surface area contributed by atoms with Crippen molar-refractivity contribution in [3.05, 3.63) is 82.2 Å².